The standard InChI is InChI=1S/C26H25FN6O3S.C25H29FN6O2S.C24H26F2N6O2S.C23H22F4N6O2S/c1-14(18-8-19(27)11-28-10-18)29-26-31-22(23-24(32-26)30-15(2)37-23)25(35)33-12-16(13-33)7-21(34)17-5-4-6-20(9-17)36-3;1-14(18-9-19(26)11-27-10-18)28-25-30-21(22-23(31-25)29-15(2)35-22)24(34)32-12-16(13-32)8-20(33)17-6-4-3-5-7-17;1-12(15-5-17(25)9-27-8-15)28-23-30-19(20-21(31-23)29-13(2)35-20)22(34)32-10-14(11-32)4-18(33)16-6-24(3,26)7-16;1-11(14-6-15(24)8-28-7-14)29-21-31-17(18-19(32-21)30-12(2)36-18)20(35)33-9-13(10-33)5-16(34)22(3-4-22)23(25,26)27/h4-6,8-11,14,16H,7,12-13H2,1-3H3,(H,29,31,32);9-11,14,16-17H,3-8,12-13H2,1-2H3,(H,28,30,31);5,8-9,12,14,16H,4,6-7,10-11H2,1-3H3,(H,28,30,31);6-8,11,13H,3-5,9-10H2,1-2H3,(H,29,31,32)/t2*14-;12-,16?,24?;11-/m0000/s1. The van der Waals surface area contributed by atoms with Crippen LogP contribution in [0.2, 0.25) is 0 Å². The molecule has 0 radical (unpaired) electrons. The third-order valence-corrected chi connectivity index (χ3v) is 30.4. The molecule has 4 aliphatic heterocycles. The van der Waals surface area contributed by atoms with Crippen LogP contribution in [0.3, 0.4) is 0 Å². The molecular formula is C98H102F8N24O9S4. The van der Waals surface area contributed by atoms with Crippen LogP contribution in [0, 0.1) is 91.9 Å². The minimum absolute atomic E-state index is 0.0193. The number of methoxy groups -OCH3 is 1. The summed E-state index contributed by atoms with van der Waals surface area (Å²) in [6.45, 7) is 19.4. The van der Waals surface area contributed by atoms with Crippen molar-refractivity contribution >= 4 is 157 Å². The van der Waals surface area contributed by atoms with Crippen molar-refractivity contribution in [2.24, 2.45) is 40.9 Å². The minimum atomic E-state index is -4.53. The third-order valence-electron chi connectivity index (χ3n) is 26.5. The lowest BCUT2D eigenvalue weighted by atomic mass is 9.70. The summed E-state index contributed by atoms with van der Waals surface area (Å²) >= 11 is 5.36. The third kappa shape index (κ3) is 23.5. The van der Waals surface area contributed by atoms with Crippen LogP contribution in [0.4, 0.5) is 58.9 Å². The molecule has 748 valence electrons. The van der Waals surface area contributed by atoms with Gasteiger partial charge in [0.15, 0.2) is 51.1 Å². The highest BCUT2D eigenvalue weighted by molar-refractivity contribution is 7.20. The van der Waals surface area contributed by atoms with Crippen LogP contribution in [0.25, 0.3) is 41.4 Å². The Morgan fingerprint density at radius 1 is 0.420 bits per heavy atom. The smallest absolute Gasteiger partial charge is 0.401 e. The van der Waals surface area contributed by atoms with Crippen molar-refractivity contribution in [2.75, 3.05) is 80.7 Å². The normalized spacial score (nSPS) is 18.3. The van der Waals surface area contributed by atoms with Gasteiger partial charge in [0, 0.05) is 144 Å². The van der Waals surface area contributed by atoms with Crippen molar-refractivity contribution in [2.45, 2.75) is 182 Å². The van der Waals surface area contributed by atoms with Gasteiger partial charge in [-0.05, 0) is 159 Å². The quantitative estimate of drug-likeness (QED) is 0.0250. The van der Waals surface area contributed by atoms with Crippen molar-refractivity contribution in [1.82, 2.24) is 99.3 Å². The Balaban J connectivity index is 0.000000131. The van der Waals surface area contributed by atoms with Gasteiger partial charge in [-0.25, -0.2) is 61.8 Å². The number of halogens is 8. The van der Waals surface area contributed by atoms with E-state index in [1.165, 1.54) is 94.1 Å². The fourth-order valence-electron chi connectivity index (χ4n) is 18.4. The second-order valence-electron chi connectivity index (χ2n) is 37.9. The molecule has 0 spiro atoms. The molecule has 4 saturated heterocycles. The maximum atomic E-state index is 13.7. The molecular weight excluding hydrogens is 1940 g/mol. The molecule has 45 heteroatoms. The van der Waals surface area contributed by atoms with Crippen LogP contribution >= 0.6 is 45.3 Å². The number of hydrogen-bond donors (Lipinski definition) is 4. The van der Waals surface area contributed by atoms with Crippen molar-refractivity contribution < 1.29 is 78.2 Å². The number of thiazole rings is 4. The molecule has 4 amide bonds. The van der Waals surface area contributed by atoms with Gasteiger partial charge in [-0.1, -0.05) is 31.4 Å². The lowest BCUT2D eigenvalue weighted by Crippen LogP contribution is -2.52. The summed E-state index contributed by atoms with van der Waals surface area (Å²) in [5.41, 5.74) is 2.22. The minimum Gasteiger partial charge on any atom is -0.497 e. The molecule has 16 heterocycles. The number of aryl methyl sites for hydroxylation is 4. The summed E-state index contributed by atoms with van der Waals surface area (Å²) in [7, 11) is 1.56. The molecule has 143 heavy (non-hydrogen) atoms. The Morgan fingerprint density at radius 3 is 1.02 bits per heavy atom. The molecule has 4 atom stereocenters. The summed E-state index contributed by atoms with van der Waals surface area (Å²) < 4.78 is 115. The van der Waals surface area contributed by atoms with Gasteiger partial charge < -0.3 is 45.6 Å². The largest absolute Gasteiger partial charge is 0.497 e. The van der Waals surface area contributed by atoms with Gasteiger partial charge in [-0.3, -0.25) is 58.3 Å². The van der Waals surface area contributed by atoms with E-state index in [9.17, 15) is 73.5 Å². The highest BCUT2D eigenvalue weighted by Crippen LogP contribution is 2.59. The predicted molar refractivity (Wildman–Crippen MR) is 520 cm³/mol. The van der Waals surface area contributed by atoms with Crippen LogP contribution in [0.5, 0.6) is 5.75 Å². The van der Waals surface area contributed by atoms with E-state index in [2.05, 4.69) is 101 Å². The number of carbonyl (C=O) groups is 8. The van der Waals surface area contributed by atoms with Crippen LogP contribution in [-0.4, -0.2) is 217 Å². The van der Waals surface area contributed by atoms with Crippen molar-refractivity contribution in [3.8, 4) is 5.75 Å². The Bertz CT molecular complexity index is 7030. The number of ether oxygens (including phenoxy) is 1. The molecule has 7 fully saturated rings. The Labute approximate surface area is 831 Å². The number of Topliss-reactive ketones (excluding diaryl/α,β-unsaturated/α-hetero) is 4. The number of rotatable bonds is 29. The summed E-state index contributed by atoms with van der Waals surface area (Å²) in [6.07, 6.45) is 13.1. The van der Waals surface area contributed by atoms with E-state index in [0.717, 1.165) is 65.5 Å². The summed E-state index contributed by atoms with van der Waals surface area (Å²) in [4.78, 5) is 179. The molecule has 3 saturated carbocycles. The van der Waals surface area contributed by atoms with Gasteiger partial charge in [0.05, 0.1) is 76.1 Å². The van der Waals surface area contributed by atoms with E-state index in [0.29, 0.717) is 163 Å². The van der Waals surface area contributed by atoms with Gasteiger partial charge in [0.1, 0.15) is 76.3 Å². The molecule has 1 aromatic carbocycles. The van der Waals surface area contributed by atoms with E-state index in [-0.39, 0.29) is 156 Å². The number of ketones is 4. The van der Waals surface area contributed by atoms with Gasteiger partial charge in [0.2, 0.25) is 23.8 Å². The molecule has 33 nitrogen and oxygen atoms in total. The zero-order chi connectivity index (χ0) is 101. The number of likely N-dealkylation sites (tertiary alicyclic amines) is 4. The van der Waals surface area contributed by atoms with Crippen LogP contribution in [-0.2, 0) is 14.4 Å². The van der Waals surface area contributed by atoms with Gasteiger partial charge >= 0.3 is 6.18 Å². The van der Waals surface area contributed by atoms with Crippen molar-refractivity contribution in [3.63, 3.8) is 0 Å². The first kappa shape index (κ1) is 101. The topological polar surface area (TPSA) is 413 Å². The molecule has 0 unspecified atom stereocenters. The number of nitrogens with zero attached hydrogens (tertiary/aromatic N) is 20. The average molecular weight is 2040 g/mol. The van der Waals surface area contributed by atoms with Gasteiger partial charge in [-0.2, -0.15) is 33.1 Å². The van der Waals surface area contributed by atoms with E-state index in [4.69, 9.17) is 4.74 Å². The number of alkyl halides is 4. The molecule has 4 N–H and O–H groups in total. The maximum Gasteiger partial charge on any atom is 0.401 e. The number of carbonyl (C=O) groups excluding carboxylic acids is 8. The highest BCUT2D eigenvalue weighted by atomic mass is 32.1. The fraction of sp³-hybridized carbons (Fsp3) is 0.449. The zero-order valence-corrected chi connectivity index (χ0v) is 82.9. The number of aromatic nitrogens is 16. The molecule has 20 rings (SSSR count). The Hall–Kier alpha value is -13.3. The SMILES string of the molecule is COc1cccc(C(=O)CC2CN(C(=O)c3nc(N[C@@H](C)c4cncc(F)c4)nc4nc(C)sc34)C2)c1.Cc1nc2nc(N[C@@H](C)c3cncc(F)c3)nc(C(=O)N3CC(CC(=O)C4(C(F)(F)F)CC4)C3)c2s1.Cc1nc2nc(N[C@@H](C)c3cncc(F)c3)nc(C(=O)N3CC(CC(=O)C4CC(C)(F)C4)C3)c2s1.Cc1nc2nc(N[C@@H](C)c3cncc(F)c3)nc(C(=O)N3CC(CC(=O)C4CCCCC4)C3)c2s1. The lowest BCUT2D eigenvalue weighted by Gasteiger charge is -2.42. The average Bonchev–Trinajstić information content (AvgIpc) is 1.58. The first-order valence-corrected chi connectivity index (χ1v) is 50.3. The van der Waals surface area contributed by atoms with Crippen LogP contribution in [0.1, 0.15) is 237 Å². The second kappa shape index (κ2) is 42.3. The molecule has 7 aliphatic rings. The van der Waals surface area contributed by atoms with Gasteiger partial charge in [-0.15, -0.1) is 45.3 Å². The van der Waals surface area contributed by atoms with E-state index in [1.54, 1.807) is 78.5 Å². The summed E-state index contributed by atoms with van der Waals surface area (Å²) in [5.74, 6) is -1.66. The first-order chi connectivity index (χ1) is 68.2. The number of hydrogen-bond acceptors (Lipinski definition) is 33. The molecule has 0 bridgehead atoms. The number of amides is 4. The number of benzene rings is 1. The molecule has 3 aliphatic carbocycles. The summed E-state index contributed by atoms with van der Waals surface area (Å²) in [6, 6.07) is 11.1. The zero-order valence-electron chi connectivity index (χ0n) is 79.6. The maximum absolute atomic E-state index is 13.7. The monoisotopic (exact) mass is 2040 g/mol. The number of fused-ring (bicyclic) bond motifs is 4. The second-order valence-corrected chi connectivity index (χ2v) is 42.7. The van der Waals surface area contributed by atoms with Gasteiger partial charge in [0.25, 0.3) is 23.6 Å². The van der Waals surface area contributed by atoms with Crippen molar-refractivity contribution in [3.05, 3.63) is 192 Å². The predicted octanol–water partition coefficient (Wildman–Crippen LogP) is 17.9. The number of nitrogens with one attached hydrogen (secondary N) is 4. The molecule has 12 aromatic heterocycles. The van der Waals surface area contributed by atoms with E-state index in [1.807, 2.05) is 41.5 Å². The van der Waals surface area contributed by atoms with E-state index < -0.39 is 58.3 Å². The van der Waals surface area contributed by atoms with E-state index >= 15 is 0 Å². The van der Waals surface area contributed by atoms with Crippen LogP contribution < -0.4 is 26.0 Å². The highest BCUT2D eigenvalue weighted by Gasteiger charge is 2.68. The number of anilines is 4. The Morgan fingerprint density at radius 2 is 0.727 bits per heavy atom. The van der Waals surface area contributed by atoms with Crippen LogP contribution in [0.15, 0.2) is 98.1 Å². The fourth-order valence-corrected chi connectivity index (χ4v) is 21.7. The summed E-state index contributed by atoms with van der Waals surface area (Å²) in [5, 5.41) is 15.4. The first-order valence-electron chi connectivity index (χ1n) is 47.0. The lowest BCUT2D eigenvalue weighted by molar-refractivity contribution is -0.192. The molecule has 13 aromatic rings. The number of pyridine rings is 4. The van der Waals surface area contributed by atoms with Crippen molar-refractivity contribution in [1.29, 1.82) is 0 Å². The Kier molecular flexibility index (Phi) is 29.9.